The molecule has 2 heterocycles. The Kier molecular flexibility index (Phi) is 9.49. The number of aliphatic hydroxyl groups excluding tert-OH is 3. The summed E-state index contributed by atoms with van der Waals surface area (Å²) in [6, 6.07) is 0. The van der Waals surface area contributed by atoms with Crippen LogP contribution in [0.4, 0.5) is 0 Å². The number of cyclic esters (lactones) is 1. The van der Waals surface area contributed by atoms with Gasteiger partial charge < -0.3 is 44.1 Å². The molecule has 4 N–H and O–H groups in total. The molecule has 0 aromatic heterocycles. The van der Waals surface area contributed by atoms with Crippen molar-refractivity contribution in [3.63, 3.8) is 0 Å². The van der Waals surface area contributed by atoms with E-state index in [1.165, 1.54) is 13.2 Å². The Morgan fingerprint density at radius 1 is 1.14 bits per heavy atom. The minimum atomic E-state index is -1.80. The first kappa shape index (κ1) is 28.4. The summed E-state index contributed by atoms with van der Waals surface area (Å²) in [5.74, 6) is -2.01. The zero-order valence-corrected chi connectivity index (χ0v) is 20.7. The lowest BCUT2D eigenvalue weighted by Crippen LogP contribution is -2.60. The van der Waals surface area contributed by atoms with Crippen LogP contribution in [0.2, 0.25) is 0 Å². The van der Waals surface area contributed by atoms with Crippen LogP contribution in [0.15, 0.2) is 12.7 Å². The maximum absolute atomic E-state index is 12.3. The number of fused-ring (bicyclic) bond motifs is 1. The van der Waals surface area contributed by atoms with E-state index in [2.05, 4.69) is 6.58 Å². The second kappa shape index (κ2) is 12.4. The highest BCUT2D eigenvalue weighted by Gasteiger charge is 2.49. The average Bonchev–Trinajstić information content (AvgIpc) is 3.27. The molecule has 2 aliphatic rings. The van der Waals surface area contributed by atoms with Crippen molar-refractivity contribution in [1.29, 1.82) is 0 Å². The van der Waals surface area contributed by atoms with Crippen LogP contribution in [0.1, 0.15) is 52.7 Å². The van der Waals surface area contributed by atoms with E-state index < -0.39 is 48.6 Å². The number of hydrogen-bond acceptors (Lipinski definition) is 12. The van der Waals surface area contributed by atoms with Crippen molar-refractivity contribution in [2.24, 2.45) is 0 Å². The predicted molar refractivity (Wildman–Crippen MR) is 125 cm³/mol. The van der Waals surface area contributed by atoms with E-state index in [1.54, 1.807) is 6.92 Å². The maximum Gasteiger partial charge on any atom is 0.342 e. The van der Waals surface area contributed by atoms with Gasteiger partial charge in [0.2, 0.25) is 6.29 Å². The summed E-state index contributed by atoms with van der Waals surface area (Å²) < 4.78 is 25.6. The molecule has 1 saturated heterocycles. The van der Waals surface area contributed by atoms with Crippen LogP contribution < -0.4 is 4.74 Å². The third kappa shape index (κ3) is 6.04. The van der Waals surface area contributed by atoms with Crippen LogP contribution in [0.5, 0.6) is 11.5 Å². The number of rotatable bonds is 11. The minimum Gasteiger partial charge on any atom is -0.507 e. The highest BCUT2D eigenvalue weighted by molar-refractivity contribution is 5.98. The maximum atomic E-state index is 12.3. The summed E-state index contributed by atoms with van der Waals surface area (Å²) >= 11 is 0. The van der Waals surface area contributed by atoms with Crippen LogP contribution in [0.25, 0.3) is 0 Å². The van der Waals surface area contributed by atoms with Crippen molar-refractivity contribution < 1.29 is 58.5 Å². The van der Waals surface area contributed by atoms with E-state index in [0.717, 1.165) is 5.56 Å². The summed E-state index contributed by atoms with van der Waals surface area (Å²) in [5, 5.41) is 40.8. The molecule has 12 nitrogen and oxygen atoms in total. The Balaban J connectivity index is 1.51. The second-order valence-electron chi connectivity index (χ2n) is 8.78. The number of carbonyl (C=O) groups excluding carboxylic acids is 3. The number of phenolic OH excluding ortho intramolecular Hbond substituents is 1. The van der Waals surface area contributed by atoms with Gasteiger partial charge in [0.15, 0.2) is 6.10 Å². The average molecular weight is 525 g/mol. The molecular weight excluding hydrogens is 492 g/mol. The molecule has 204 valence electrons. The first-order valence-corrected chi connectivity index (χ1v) is 11.9. The molecule has 1 aromatic rings. The number of aromatic hydroxyl groups is 1. The van der Waals surface area contributed by atoms with Gasteiger partial charge in [-0.15, -0.1) is 0 Å². The first-order chi connectivity index (χ1) is 17.6. The second-order valence-corrected chi connectivity index (χ2v) is 8.78. The fourth-order valence-electron chi connectivity index (χ4n) is 4.37. The van der Waals surface area contributed by atoms with Crippen LogP contribution in [0, 0.1) is 6.92 Å². The minimum absolute atomic E-state index is 0.0601. The van der Waals surface area contributed by atoms with Crippen LogP contribution in [-0.4, -0.2) is 82.8 Å². The van der Waals surface area contributed by atoms with E-state index in [4.69, 9.17) is 23.7 Å². The third-order valence-electron chi connectivity index (χ3n) is 6.35. The number of hydrogen-bond donors (Lipinski definition) is 4. The predicted octanol–water partition coefficient (Wildman–Crippen LogP) is 0.563. The summed E-state index contributed by atoms with van der Waals surface area (Å²) in [7, 11) is 1.48. The molecular formula is C25H32O12. The summed E-state index contributed by atoms with van der Waals surface area (Å²) in [5.41, 5.74) is 1.97. The van der Waals surface area contributed by atoms with E-state index >= 15 is 0 Å². The van der Waals surface area contributed by atoms with Crippen LogP contribution >= 0.6 is 0 Å². The van der Waals surface area contributed by atoms with Crippen molar-refractivity contribution in [3.8, 4) is 11.5 Å². The van der Waals surface area contributed by atoms with E-state index in [-0.39, 0.29) is 30.9 Å². The van der Waals surface area contributed by atoms with Crippen molar-refractivity contribution in [1.82, 2.24) is 0 Å². The van der Waals surface area contributed by atoms with Gasteiger partial charge in [-0.3, -0.25) is 4.79 Å². The SMILES string of the molecule is C=CCOC(=O)C1O[C@@H](OC(=O)CCCCCc2c(O)c3c(c(C)c2OC)COC3=O)C(O)[C@@H](O)[C@@H]1O. The number of ether oxygens (including phenoxy) is 5. The lowest BCUT2D eigenvalue weighted by molar-refractivity contribution is -0.287. The fourth-order valence-corrected chi connectivity index (χ4v) is 4.37. The molecule has 0 aliphatic carbocycles. The highest BCUT2D eigenvalue weighted by atomic mass is 16.7. The standard InChI is InChI=1S/C25H32O12/c1-4-10-34-24(32)22-19(29)18(28)20(30)25(37-22)36-15(26)9-7-5-6-8-13-17(27)16-14(11-35-23(16)31)12(2)21(13)33-3/h4,18-20,22,25,27-30H,1,5-11H2,2-3H3/t18-,19-,20?,22?,25+/m0/s1. The summed E-state index contributed by atoms with van der Waals surface area (Å²) in [6.45, 7) is 5.11. The van der Waals surface area contributed by atoms with Gasteiger partial charge in [-0.2, -0.15) is 0 Å². The number of benzene rings is 1. The molecule has 1 fully saturated rings. The molecule has 0 saturated carbocycles. The van der Waals surface area contributed by atoms with E-state index in [1.807, 2.05) is 0 Å². The van der Waals surface area contributed by atoms with Crippen LogP contribution in [-0.2, 0) is 41.6 Å². The zero-order chi connectivity index (χ0) is 27.3. The summed E-state index contributed by atoms with van der Waals surface area (Å²) in [4.78, 5) is 36.3. The van der Waals surface area contributed by atoms with E-state index in [0.29, 0.717) is 42.6 Å². The highest BCUT2D eigenvalue weighted by Crippen LogP contribution is 2.42. The number of unbranched alkanes of at least 4 members (excludes halogenated alkanes) is 2. The van der Waals surface area contributed by atoms with Gasteiger partial charge in [-0.1, -0.05) is 19.1 Å². The Morgan fingerprint density at radius 3 is 2.54 bits per heavy atom. The Bertz CT molecular complexity index is 1040. The molecule has 0 bridgehead atoms. The molecule has 3 rings (SSSR count). The van der Waals surface area contributed by atoms with E-state index in [9.17, 15) is 34.8 Å². The van der Waals surface area contributed by atoms with Crippen molar-refractivity contribution >= 4 is 17.9 Å². The number of phenols is 1. The number of carbonyl (C=O) groups is 3. The molecule has 37 heavy (non-hydrogen) atoms. The van der Waals surface area contributed by atoms with Gasteiger partial charge in [-0.05, 0) is 31.7 Å². The van der Waals surface area contributed by atoms with Crippen LogP contribution in [0.3, 0.4) is 0 Å². The number of aliphatic hydroxyl groups is 3. The van der Waals surface area contributed by atoms with Gasteiger partial charge in [0.1, 0.15) is 48.6 Å². The first-order valence-electron chi connectivity index (χ1n) is 11.9. The molecule has 12 heteroatoms. The lowest BCUT2D eigenvalue weighted by atomic mass is 9.94. The third-order valence-corrected chi connectivity index (χ3v) is 6.35. The Labute approximate surface area is 213 Å². The molecule has 0 amide bonds. The number of methoxy groups -OCH3 is 1. The van der Waals surface area contributed by atoms with Gasteiger partial charge in [0.05, 0.1) is 7.11 Å². The normalized spacial score (nSPS) is 24.7. The Morgan fingerprint density at radius 2 is 1.86 bits per heavy atom. The monoisotopic (exact) mass is 524 g/mol. The topological polar surface area (TPSA) is 178 Å². The smallest absolute Gasteiger partial charge is 0.342 e. The van der Waals surface area contributed by atoms with Gasteiger partial charge in [0.25, 0.3) is 0 Å². The lowest BCUT2D eigenvalue weighted by Gasteiger charge is -2.38. The van der Waals surface area contributed by atoms with Gasteiger partial charge >= 0.3 is 17.9 Å². The molecule has 2 aliphatic heterocycles. The summed E-state index contributed by atoms with van der Waals surface area (Å²) in [6.07, 6.45) is -5.59. The molecule has 1 aromatic carbocycles. The molecule has 2 unspecified atom stereocenters. The molecule has 0 radical (unpaired) electrons. The fraction of sp³-hybridized carbons (Fsp3) is 0.560. The quantitative estimate of drug-likeness (QED) is 0.137. The number of esters is 3. The van der Waals surface area contributed by atoms with Gasteiger partial charge in [0, 0.05) is 17.5 Å². The zero-order valence-electron chi connectivity index (χ0n) is 20.7. The molecule has 5 atom stereocenters. The van der Waals surface area contributed by atoms with Crippen molar-refractivity contribution in [2.45, 2.75) is 76.3 Å². The Hall–Kier alpha value is -3.19. The van der Waals surface area contributed by atoms with Crippen molar-refractivity contribution in [2.75, 3.05) is 13.7 Å². The largest absolute Gasteiger partial charge is 0.507 e. The van der Waals surface area contributed by atoms with Crippen molar-refractivity contribution in [3.05, 3.63) is 34.9 Å². The van der Waals surface area contributed by atoms with Gasteiger partial charge in [-0.25, -0.2) is 9.59 Å². The molecule has 0 spiro atoms.